The molecule has 2 nitrogen and oxygen atoms in total. The molecule has 1 aliphatic rings. The molecule has 70 valence electrons. The molecule has 13 heavy (non-hydrogen) atoms. The van der Waals surface area contributed by atoms with E-state index in [2.05, 4.69) is 11.9 Å². The molecule has 0 spiro atoms. The fraction of sp³-hybridized carbons (Fsp3) is 0.545. The van der Waals surface area contributed by atoms with Crippen molar-refractivity contribution in [1.82, 2.24) is 4.98 Å². The third-order valence-electron chi connectivity index (χ3n) is 3.12. The molecule has 0 unspecified atom stereocenters. The lowest BCUT2D eigenvalue weighted by molar-refractivity contribution is 0.0823. The van der Waals surface area contributed by atoms with Crippen LogP contribution in [0.25, 0.3) is 0 Å². The van der Waals surface area contributed by atoms with Crippen LogP contribution in [-0.2, 0) is 0 Å². The number of Topliss-reactive ketones (excluding diaryl/α,β-unsaturated/α-hetero) is 1. The van der Waals surface area contributed by atoms with Crippen LogP contribution in [-0.4, -0.2) is 10.8 Å². The fourth-order valence-electron chi connectivity index (χ4n) is 2.20. The minimum atomic E-state index is -0.0812. The summed E-state index contributed by atoms with van der Waals surface area (Å²) in [4.78, 5) is 14.9. The second-order valence-corrected chi connectivity index (χ2v) is 4.20. The van der Waals surface area contributed by atoms with Gasteiger partial charge in [-0.2, -0.15) is 0 Å². The number of carbonyl (C=O) groups excluding carboxylic acids is 1. The Labute approximate surface area is 78.4 Å². The molecule has 1 aliphatic carbocycles. The maximum Gasteiger partial charge on any atom is 0.170 e. The van der Waals surface area contributed by atoms with Crippen molar-refractivity contribution in [2.75, 3.05) is 0 Å². The third-order valence-corrected chi connectivity index (χ3v) is 3.12. The van der Waals surface area contributed by atoms with Gasteiger partial charge >= 0.3 is 0 Å². The second kappa shape index (κ2) is 3.02. The molecule has 0 aliphatic heterocycles. The van der Waals surface area contributed by atoms with Crippen molar-refractivity contribution in [3.05, 3.63) is 24.0 Å². The number of H-pyrrole nitrogens is 1. The van der Waals surface area contributed by atoms with Crippen molar-refractivity contribution in [2.45, 2.75) is 32.6 Å². The summed E-state index contributed by atoms with van der Waals surface area (Å²) in [6.45, 7) is 2.09. The SMILES string of the molecule is CC1(C(=O)c2cc[nH]c2)CCCC1. The Balaban J connectivity index is 2.21. The molecule has 0 aromatic carbocycles. The van der Waals surface area contributed by atoms with Crippen LogP contribution in [0.15, 0.2) is 18.5 Å². The quantitative estimate of drug-likeness (QED) is 0.692. The average molecular weight is 177 g/mol. The number of aromatic nitrogens is 1. The summed E-state index contributed by atoms with van der Waals surface area (Å²) < 4.78 is 0. The predicted molar refractivity (Wildman–Crippen MR) is 51.7 cm³/mol. The standard InChI is InChI=1S/C11H15NO/c1-11(5-2-3-6-11)10(13)9-4-7-12-8-9/h4,7-8,12H,2-3,5-6H2,1H3. The lowest BCUT2D eigenvalue weighted by Gasteiger charge is -2.20. The highest BCUT2D eigenvalue weighted by molar-refractivity contribution is 6.00. The van der Waals surface area contributed by atoms with Gasteiger partial charge in [-0.05, 0) is 18.9 Å². The molecule has 1 fully saturated rings. The van der Waals surface area contributed by atoms with Crippen molar-refractivity contribution < 1.29 is 4.79 Å². The first kappa shape index (κ1) is 8.54. The van der Waals surface area contributed by atoms with Gasteiger partial charge in [0.2, 0.25) is 0 Å². The van der Waals surface area contributed by atoms with Crippen LogP contribution in [0.1, 0.15) is 43.0 Å². The van der Waals surface area contributed by atoms with Crippen LogP contribution < -0.4 is 0 Å². The number of carbonyl (C=O) groups is 1. The van der Waals surface area contributed by atoms with Gasteiger partial charge in [0.05, 0.1) is 0 Å². The Morgan fingerprint density at radius 1 is 1.46 bits per heavy atom. The summed E-state index contributed by atoms with van der Waals surface area (Å²) in [6, 6.07) is 1.87. The zero-order valence-corrected chi connectivity index (χ0v) is 7.97. The lowest BCUT2D eigenvalue weighted by atomic mass is 9.81. The molecule has 1 aromatic heterocycles. The van der Waals surface area contributed by atoms with E-state index in [0.717, 1.165) is 18.4 Å². The van der Waals surface area contributed by atoms with Gasteiger partial charge in [0.1, 0.15) is 0 Å². The lowest BCUT2D eigenvalue weighted by Crippen LogP contribution is -2.23. The molecule has 1 N–H and O–H groups in total. The Kier molecular flexibility index (Phi) is 1.98. The first-order valence-electron chi connectivity index (χ1n) is 4.90. The van der Waals surface area contributed by atoms with Crippen LogP contribution >= 0.6 is 0 Å². The number of hydrogen-bond donors (Lipinski definition) is 1. The van der Waals surface area contributed by atoms with Crippen LogP contribution in [0.2, 0.25) is 0 Å². The van der Waals surface area contributed by atoms with Gasteiger partial charge in [-0.1, -0.05) is 19.8 Å². The molecule has 1 saturated carbocycles. The zero-order chi connectivity index (χ0) is 9.31. The van der Waals surface area contributed by atoms with E-state index in [1.54, 1.807) is 6.20 Å². The molecule has 2 rings (SSSR count). The zero-order valence-electron chi connectivity index (χ0n) is 7.97. The van der Waals surface area contributed by atoms with Crippen molar-refractivity contribution in [2.24, 2.45) is 5.41 Å². The second-order valence-electron chi connectivity index (χ2n) is 4.20. The van der Waals surface area contributed by atoms with Crippen molar-refractivity contribution in [3.63, 3.8) is 0 Å². The van der Waals surface area contributed by atoms with E-state index in [1.165, 1.54) is 12.8 Å². The molecule has 0 saturated heterocycles. The highest BCUT2D eigenvalue weighted by atomic mass is 16.1. The van der Waals surface area contributed by atoms with E-state index in [9.17, 15) is 4.79 Å². The van der Waals surface area contributed by atoms with Gasteiger partial charge in [-0.15, -0.1) is 0 Å². The Morgan fingerprint density at radius 3 is 2.69 bits per heavy atom. The first-order valence-corrected chi connectivity index (χ1v) is 4.90. The summed E-state index contributed by atoms with van der Waals surface area (Å²) in [5.74, 6) is 0.311. The van der Waals surface area contributed by atoms with E-state index in [1.807, 2.05) is 12.3 Å². The van der Waals surface area contributed by atoms with Gasteiger partial charge in [0, 0.05) is 23.4 Å². The number of aromatic amines is 1. The summed E-state index contributed by atoms with van der Waals surface area (Å²) in [7, 11) is 0. The minimum Gasteiger partial charge on any atom is -0.367 e. The van der Waals surface area contributed by atoms with E-state index >= 15 is 0 Å². The third kappa shape index (κ3) is 1.41. The number of ketones is 1. The predicted octanol–water partition coefficient (Wildman–Crippen LogP) is 2.78. The van der Waals surface area contributed by atoms with Crippen LogP contribution in [0.5, 0.6) is 0 Å². The highest BCUT2D eigenvalue weighted by Crippen LogP contribution is 2.40. The molecule has 0 radical (unpaired) electrons. The van der Waals surface area contributed by atoms with Gasteiger partial charge in [-0.3, -0.25) is 4.79 Å². The molecule has 1 aromatic rings. The minimum absolute atomic E-state index is 0.0812. The van der Waals surface area contributed by atoms with Crippen LogP contribution in [0, 0.1) is 5.41 Å². The van der Waals surface area contributed by atoms with E-state index in [0.29, 0.717) is 5.78 Å². The maximum absolute atomic E-state index is 12.0. The summed E-state index contributed by atoms with van der Waals surface area (Å²) in [5.41, 5.74) is 0.756. The monoisotopic (exact) mass is 177 g/mol. The van der Waals surface area contributed by atoms with Crippen molar-refractivity contribution >= 4 is 5.78 Å². The highest BCUT2D eigenvalue weighted by Gasteiger charge is 2.36. The van der Waals surface area contributed by atoms with Gasteiger partial charge in [0.15, 0.2) is 5.78 Å². The smallest absolute Gasteiger partial charge is 0.170 e. The Hall–Kier alpha value is -1.05. The van der Waals surface area contributed by atoms with E-state index < -0.39 is 0 Å². The number of rotatable bonds is 2. The normalized spacial score (nSPS) is 20.4. The molecule has 0 atom stereocenters. The van der Waals surface area contributed by atoms with Crippen LogP contribution in [0.4, 0.5) is 0 Å². The number of nitrogens with one attached hydrogen (secondary N) is 1. The molecule has 0 bridgehead atoms. The molecule has 1 heterocycles. The van der Waals surface area contributed by atoms with Gasteiger partial charge in [0.25, 0.3) is 0 Å². The number of hydrogen-bond acceptors (Lipinski definition) is 1. The first-order chi connectivity index (χ1) is 6.22. The van der Waals surface area contributed by atoms with Crippen molar-refractivity contribution in [3.8, 4) is 0 Å². The summed E-state index contributed by atoms with van der Waals surface area (Å²) in [6.07, 6.45) is 8.12. The Bertz CT molecular complexity index is 294. The average Bonchev–Trinajstić information content (AvgIpc) is 2.73. The van der Waals surface area contributed by atoms with Gasteiger partial charge in [-0.25, -0.2) is 0 Å². The molecule has 2 heteroatoms. The van der Waals surface area contributed by atoms with Crippen LogP contribution in [0.3, 0.4) is 0 Å². The molecule has 0 amide bonds. The van der Waals surface area contributed by atoms with Gasteiger partial charge < -0.3 is 4.98 Å². The maximum atomic E-state index is 12.0. The molecular weight excluding hydrogens is 162 g/mol. The largest absolute Gasteiger partial charge is 0.367 e. The topological polar surface area (TPSA) is 32.9 Å². The summed E-state index contributed by atoms with van der Waals surface area (Å²) >= 11 is 0. The fourth-order valence-corrected chi connectivity index (χ4v) is 2.20. The van der Waals surface area contributed by atoms with E-state index in [-0.39, 0.29) is 5.41 Å². The Morgan fingerprint density at radius 2 is 2.15 bits per heavy atom. The summed E-state index contributed by atoms with van der Waals surface area (Å²) in [5, 5.41) is 0. The van der Waals surface area contributed by atoms with Crippen molar-refractivity contribution in [1.29, 1.82) is 0 Å². The molecular formula is C11H15NO. The van der Waals surface area contributed by atoms with E-state index in [4.69, 9.17) is 0 Å².